The molecular formula is C24H22BrNS. The van der Waals surface area contributed by atoms with E-state index >= 15 is 0 Å². The van der Waals surface area contributed by atoms with Gasteiger partial charge in [0, 0.05) is 38.8 Å². The summed E-state index contributed by atoms with van der Waals surface area (Å²) in [6, 6.07) is 24.0. The van der Waals surface area contributed by atoms with E-state index in [1.165, 1.54) is 38.1 Å². The Morgan fingerprint density at radius 2 is 1.70 bits per heavy atom. The van der Waals surface area contributed by atoms with E-state index in [4.69, 9.17) is 0 Å². The fourth-order valence-electron chi connectivity index (χ4n) is 3.35. The molecule has 136 valence electrons. The third-order valence-electron chi connectivity index (χ3n) is 4.90. The van der Waals surface area contributed by atoms with E-state index < -0.39 is 0 Å². The van der Waals surface area contributed by atoms with Crippen molar-refractivity contribution in [1.29, 1.82) is 0 Å². The Balaban J connectivity index is 1.64. The smallest absolute Gasteiger partial charge is 0.0495 e. The van der Waals surface area contributed by atoms with E-state index in [-0.39, 0.29) is 0 Å². The summed E-state index contributed by atoms with van der Waals surface area (Å²) in [6.45, 7) is 5.27. The fraction of sp³-hybridized carbons (Fsp3) is 0.167. The van der Waals surface area contributed by atoms with Gasteiger partial charge in [-0.1, -0.05) is 70.0 Å². The molecule has 0 fully saturated rings. The van der Waals surface area contributed by atoms with Crippen LogP contribution in [0, 0.1) is 13.8 Å². The molecule has 0 radical (unpaired) electrons. The zero-order chi connectivity index (χ0) is 18.8. The van der Waals surface area contributed by atoms with Gasteiger partial charge >= 0.3 is 0 Å². The first-order valence-corrected chi connectivity index (χ1v) is 10.9. The molecule has 0 atom stereocenters. The highest BCUT2D eigenvalue weighted by atomic mass is 79.9. The lowest BCUT2D eigenvalue weighted by molar-refractivity contribution is 0.823. The number of aryl methyl sites for hydroxylation is 2. The van der Waals surface area contributed by atoms with Crippen LogP contribution < -0.4 is 0 Å². The van der Waals surface area contributed by atoms with Crippen molar-refractivity contribution in [3.63, 3.8) is 0 Å². The summed E-state index contributed by atoms with van der Waals surface area (Å²) in [4.78, 5) is 1.35. The molecule has 4 aromatic rings. The van der Waals surface area contributed by atoms with E-state index in [1.807, 2.05) is 11.8 Å². The molecule has 0 amide bonds. The van der Waals surface area contributed by atoms with Crippen LogP contribution >= 0.6 is 27.7 Å². The molecule has 4 rings (SSSR count). The Morgan fingerprint density at radius 1 is 0.926 bits per heavy atom. The number of aromatic nitrogens is 1. The van der Waals surface area contributed by atoms with Crippen LogP contribution in [0.4, 0.5) is 0 Å². The van der Waals surface area contributed by atoms with Crippen molar-refractivity contribution in [1.82, 2.24) is 4.57 Å². The summed E-state index contributed by atoms with van der Waals surface area (Å²) in [6.07, 6.45) is 2.32. The van der Waals surface area contributed by atoms with Crippen LogP contribution in [0.3, 0.4) is 0 Å². The Bertz CT molecular complexity index is 1080. The molecule has 0 aliphatic heterocycles. The molecule has 1 heterocycles. The van der Waals surface area contributed by atoms with Crippen molar-refractivity contribution in [3.05, 3.63) is 99.7 Å². The zero-order valence-electron chi connectivity index (χ0n) is 15.6. The van der Waals surface area contributed by atoms with Gasteiger partial charge in [0.15, 0.2) is 0 Å². The quantitative estimate of drug-likeness (QED) is 0.296. The predicted octanol–water partition coefficient (Wildman–Crippen LogP) is 7.36. The van der Waals surface area contributed by atoms with Crippen molar-refractivity contribution in [2.24, 2.45) is 0 Å². The Morgan fingerprint density at radius 3 is 2.52 bits per heavy atom. The fourth-order valence-corrected chi connectivity index (χ4v) is 4.66. The maximum Gasteiger partial charge on any atom is 0.0495 e. The lowest BCUT2D eigenvalue weighted by Crippen LogP contribution is -2.00. The van der Waals surface area contributed by atoms with E-state index in [2.05, 4.69) is 107 Å². The number of rotatable bonds is 5. The molecule has 0 saturated carbocycles. The van der Waals surface area contributed by atoms with Crippen LogP contribution in [0.25, 0.3) is 10.9 Å². The van der Waals surface area contributed by atoms with Gasteiger partial charge in [-0.3, -0.25) is 0 Å². The van der Waals surface area contributed by atoms with Gasteiger partial charge in [-0.05, 0) is 48.7 Å². The van der Waals surface area contributed by atoms with Crippen molar-refractivity contribution in [2.75, 3.05) is 0 Å². The molecule has 1 nitrogen and oxygen atoms in total. The van der Waals surface area contributed by atoms with Crippen LogP contribution in [0.15, 0.2) is 82.3 Å². The highest BCUT2D eigenvalue weighted by molar-refractivity contribution is 9.10. The molecule has 3 aromatic carbocycles. The predicted molar refractivity (Wildman–Crippen MR) is 121 cm³/mol. The van der Waals surface area contributed by atoms with E-state index in [1.54, 1.807) is 0 Å². The van der Waals surface area contributed by atoms with Gasteiger partial charge in [-0.2, -0.15) is 0 Å². The Kier molecular flexibility index (Phi) is 5.42. The molecule has 0 unspecified atom stereocenters. The number of hydrogen-bond acceptors (Lipinski definition) is 1. The largest absolute Gasteiger partial charge is 0.342 e. The lowest BCUT2D eigenvalue weighted by atomic mass is 10.1. The standard InChI is InChI=1S/C24H22BrNS/c1-17-7-8-18(2)20(13-17)14-26-15-24(22-5-3-4-6-23(22)26)27-16-19-9-11-21(25)12-10-19/h3-13,15H,14,16H2,1-2H3. The number of nitrogens with zero attached hydrogens (tertiary/aromatic N) is 1. The third-order valence-corrected chi connectivity index (χ3v) is 6.55. The molecule has 0 bridgehead atoms. The topological polar surface area (TPSA) is 4.93 Å². The first-order valence-electron chi connectivity index (χ1n) is 9.11. The Labute approximate surface area is 173 Å². The van der Waals surface area contributed by atoms with Gasteiger partial charge in [-0.25, -0.2) is 0 Å². The highest BCUT2D eigenvalue weighted by Crippen LogP contribution is 2.33. The van der Waals surface area contributed by atoms with Gasteiger partial charge in [0.1, 0.15) is 0 Å². The summed E-state index contributed by atoms with van der Waals surface area (Å²) < 4.78 is 3.52. The molecule has 0 spiro atoms. The normalized spacial score (nSPS) is 11.2. The minimum absolute atomic E-state index is 0.910. The summed E-state index contributed by atoms with van der Waals surface area (Å²) in [5.74, 6) is 0.977. The SMILES string of the molecule is Cc1ccc(C)c(Cn2cc(SCc3ccc(Br)cc3)c3ccccc32)c1. The highest BCUT2D eigenvalue weighted by Gasteiger charge is 2.10. The number of thioether (sulfide) groups is 1. The second kappa shape index (κ2) is 7.95. The molecule has 0 N–H and O–H groups in total. The van der Waals surface area contributed by atoms with Crippen molar-refractivity contribution >= 4 is 38.6 Å². The number of fused-ring (bicyclic) bond motifs is 1. The molecular weight excluding hydrogens is 414 g/mol. The zero-order valence-corrected chi connectivity index (χ0v) is 18.0. The molecule has 0 aliphatic carbocycles. The maximum absolute atomic E-state index is 3.51. The van der Waals surface area contributed by atoms with Crippen molar-refractivity contribution in [2.45, 2.75) is 31.0 Å². The van der Waals surface area contributed by atoms with E-state index in [0.717, 1.165) is 16.8 Å². The summed E-state index contributed by atoms with van der Waals surface area (Å²) in [5, 5.41) is 1.34. The monoisotopic (exact) mass is 435 g/mol. The summed E-state index contributed by atoms with van der Waals surface area (Å²) in [5.41, 5.74) is 6.70. The summed E-state index contributed by atoms with van der Waals surface area (Å²) in [7, 11) is 0. The minimum Gasteiger partial charge on any atom is -0.342 e. The Hall–Kier alpha value is -1.97. The average Bonchev–Trinajstić information content (AvgIpc) is 3.02. The average molecular weight is 436 g/mol. The van der Waals surface area contributed by atoms with Gasteiger partial charge in [0.05, 0.1) is 0 Å². The molecule has 27 heavy (non-hydrogen) atoms. The number of para-hydroxylation sites is 1. The maximum atomic E-state index is 3.51. The van der Waals surface area contributed by atoms with Crippen LogP contribution in [0.5, 0.6) is 0 Å². The second-order valence-corrected chi connectivity index (χ2v) is 8.92. The van der Waals surface area contributed by atoms with E-state index in [0.29, 0.717) is 0 Å². The number of benzene rings is 3. The first kappa shape index (κ1) is 18.4. The van der Waals surface area contributed by atoms with Crippen LogP contribution in [-0.2, 0) is 12.3 Å². The second-order valence-electron chi connectivity index (χ2n) is 6.98. The van der Waals surface area contributed by atoms with Gasteiger partial charge in [-0.15, -0.1) is 11.8 Å². The molecule has 0 saturated heterocycles. The summed E-state index contributed by atoms with van der Waals surface area (Å²) >= 11 is 5.42. The molecule has 3 heteroatoms. The van der Waals surface area contributed by atoms with Crippen LogP contribution in [-0.4, -0.2) is 4.57 Å². The third kappa shape index (κ3) is 4.15. The van der Waals surface area contributed by atoms with Gasteiger partial charge < -0.3 is 4.57 Å². The van der Waals surface area contributed by atoms with E-state index in [9.17, 15) is 0 Å². The number of halogens is 1. The number of hydrogen-bond donors (Lipinski definition) is 0. The van der Waals surface area contributed by atoms with Gasteiger partial charge in [0.25, 0.3) is 0 Å². The van der Waals surface area contributed by atoms with Crippen molar-refractivity contribution in [3.8, 4) is 0 Å². The van der Waals surface area contributed by atoms with Crippen LogP contribution in [0.2, 0.25) is 0 Å². The minimum atomic E-state index is 0.910. The lowest BCUT2D eigenvalue weighted by Gasteiger charge is -2.09. The molecule has 0 aliphatic rings. The van der Waals surface area contributed by atoms with Crippen LogP contribution in [0.1, 0.15) is 22.3 Å². The molecule has 1 aromatic heterocycles. The van der Waals surface area contributed by atoms with Gasteiger partial charge in [0.2, 0.25) is 0 Å². The van der Waals surface area contributed by atoms with Crippen molar-refractivity contribution < 1.29 is 0 Å². The first-order chi connectivity index (χ1) is 13.1.